The molecule has 12 heavy (non-hydrogen) atoms. The van der Waals surface area contributed by atoms with Gasteiger partial charge in [-0.25, -0.2) is 4.79 Å². The first kappa shape index (κ1) is 9.32. The van der Waals surface area contributed by atoms with E-state index in [1.165, 1.54) is 0 Å². The van der Waals surface area contributed by atoms with Crippen LogP contribution < -0.4 is 5.32 Å². The van der Waals surface area contributed by atoms with Gasteiger partial charge in [0.15, 0.2) is 0 Å². The first-order valence-corrected chi connectivity index (χ1v) is 4.31. The number of hydrogen-bond acceptors (Lipinski definition) is 2. The van der Waals surface area contributed by atoms with E-state index in [9.17, 15) is 4.79 Å². The number of nitrogens with one attached hydrogen (secondary N) is 1. The van der Waals surface area contributed by atoms with Crippen LogP contribution in [0.5, 0.6) is 0 Å². The van der Waals surface area contributed by atoms with E-state index in [0.29, 0.717) is 0 Å². The first-order valence-electron chi connectivity index (χ1n) is 4.31. The summed E-state index contributed by atoms with van der Waals surface area (Å²) in [6.07, 6.45) is 2.47. The van der Waals surface area contributed by atoms with Crippen molar-refractivity contribution in [2.45, 2.75) is 19.0 Å². The third-order valence-corrected chi connectivity index (χ3v) is 2.29. The summed E-state index contributed by atoms with van der Waals surface area (Å²) < 4.78 is 0. The molecule has 0 radical (unpaired) electrons. The van der Waals surface area contributed by atoms with Crippen molar-refractivity contribution in [3.63, 3.8) is 0 Å². The number of hydrogen-bond donors (Lipinski definition) is 1. The normalized spacial score (nSPS) is 23.3. The summed E-state index contributed by atoms with van der Waals surface area (Å²) in [6.45, 7) is 0.878. The van der Waals surface area contributed by atoms with Crippen LogP contribution in [0.3, 0.4) is 0 Å². The average Bonchev–Trinajstić information content (AvgIpc) is 2.50. The van der Waals surface area contributed by atoms with E-state index in [1.807, 2.05) is 19.0 Å². The second kappa shape index (κ2) is 3.76. The lowest BCUT2D eigenvalue weighted by Crippen LogP contribution is -2.47. The molecule has 1 aliphatic rings. The second-order valence-corrected chi connectivity index (χ2v) is 3.34. The van der Waals surface area contributed by atoms with Crippen molar-refractivity contribution in [2.75, 3.05) is 27.7 Å². The molecule has 0 aromatic heterocycles. The Labute approximate surface area is 73.5 Å². The summed E-state index contributed by atoms with van der Waals surface area (Å²) in [5, 5.41) is 2.65. The maximum Gasteiger partial charge on any atom is 0.318 e. The van der Waals surface area contributed by atoms with E-state index >= 15 is 0 Å². The predicted molar refractivity (Wildman–Crippen MR) is 47.9 cm³/mol. The van der Waals surface area contributed by atoms with Crippen LogP contribution >= 0.6 is 0 Å². The summed E-state index contributed by atoms with van der Waals surface area (Å²) in [5.41, 5.74) is 0. The van der Waals surface area contributed by atoms with Crippen molar-refractivity contribution < 1.29 is 4.79 Å². The van der Waals surface area contributed by atoms with Crippen LogP contribution in [0.15, 0.2) is 0 Å². The molecule has 0 aromatic rings. The van der Waals surface area contributed by atoms with E-state index in [0.717, 1.165) is 19.4 Å². The molecule has 1 aliphatic heterocycles. The molecule has 0 spiro atoms. The SMILES string of the molecule is CNC(=O)N1CCCC1N(C)C. The third kappa shape index (κ3) is 1.69. The molecule has 4 heteroatoms. The van der Waals surface area contributed by atoms with Gasteiger partial charge >= 0.3 is 6.03 Å². The molecule has 0 aromatic carbocycles. The van der Waals surface area contributed by atoms with Gasteiger partial charge in [-0.2, -0.15) is 0 Å². The van der Waals surface area contributed by atoms with Gasteiger partial charge in [0.05, 0.1) is 6.17 Å². The largest absolute Gasteiger partial charge is 0.341 e. The number of amides is 2. The molecule has 70 valence electrons. The van der Waals surface area contributed by atoms with Crippen molar-refractivity contribution in [1.82, 2.24) is 15.1 Å². The Balaban J connectivity index is 2.57. The summed E-state index contributed by atoms with van der Waals surface area (Å²) in [6, 6.07) is 0.0335. The van der Waals surface area contributed by atoms with Gasteiger partial charge in [0.1, 0.15) is 0 Å². The Hall–Kier alpha value is -0.770. The highest BCUT2D eigenvalue weighted by atomic mass is 16.2. The fraction of sp³-hybridized carbons (Fsp3) is 0.875. The number of carbonyl (C=O) groups is 1. The average molecular weight is 171 g/mol. The van der Waals surface area contributed by atoms with Gasteiger partial charge in [0.2, 0.25) is 0 Å². The van der Waals surface area contributed by atoms with E-state index < -0.39 is 0 Å². The van der Waals surface area contributed by atoms with Crippen molar-refractivity contribution in [3.8, 4) is 0 Å². The number of nitrogens with zero attached hydrogens (tertiary/aromatic N) is 2. The minimum absolute atomic E-state index is 0.0335. The fourth-order valence-corrected chi connectivity index (χ4v) is 1.67. The lowest BCUT2D eigenvalue weighted by Gasteiger charge is -2.29. The minimum atomic E-state index is 0.0335. The topological polar surface area (TPSA) is 35.6 Å². The van der Waals surface area contributed by atoms with Crippen LogP contribution in [0.2, 0.25) is 0 Å². The fourth-order valence-electron chi connectivity index (χ4n) is 1.67. The van der Waals surface area contributed by atoms with Crippen molar-refractivity contribution in [2.24, 2.45) is 0 Å². The minimum Gasteiger partial charge on any atom is -0.341 e. The van der Waals surface area contributed by atoms with Crippen LogP contribution in [0.4, 0.5) is 4.79 Å². The Morgan fingerprint density at radius 3 is 2.75 bits per heavy atom. The highest BCUT2D eigenvalue weighted by molar-refractivity contribution is 5.74. The van der Waals surface area contributed by atoms with Crippen LogP contribution in [0, 0.1) is 0 Å². The van der Waals surface area contributed by atoms with Crippen LogP contribution in [-0.2, 0) is 0 Å². The zero-order valence-corrected chi connectivity index (χ0v) is 8.00. The number of urea groups is 1. The summed E-state index contributed by atoms with van der Waals surface area (Å²) in [7, 11) is 5.69. The monoisotopic (exact) mass is 171 g/mol. The highest BCUT2D eigenvalue weighted by Gasteiger charge is 2.29. The predicted octanol–water partition coefficient (Wildman–Crippen LogP) is 0.309. The Morgan fingerprint density at radius 2 is 2.25 bits per heavy atom. The Bertz CT molecular complexity index is 170. The zero-order valence-electron chi connectivity index (χ0n) is 8.00. The van der Waals surface area contributed by atoms with Crippen LogP contribution in [0.25, 0.3) is 0 Å². The van der Waals surface area contributed by atoms with Crippen LogP contribution in [0.1, 0.15) is 12.8 Å². The summed E-state index contributed by atoms with van der Waals surface area (Å²) in [5.74, 6) is 0. The smallest absolute Gasteiger partial charge is 0.318 e. The van der Waals surface area contributed by atoms with Crippen molar-refractivity contribution in [1.29, 1.82) is 0 Å². The van der Waals surface area contributed by atoms with Gasteiger partial charge in [0, 0.05) is 13.6 Å². The zero-order chi connectivity index (χ0) is 9.14. The molecular weight excluding hydrogens is 154 g/mol. The van der Waals surface area contributed by atoms with Gasteiger partial charge in [-0.05, 0) is 26.9 Å². The molecule has 1 unspecified atom stereocenters. The number of likely N-dealkylation sites (tertiary alicyclic amines) is 1. The molecule has 0 aliphatic carbocycles. The molecule has 1 atom stereocenters. The van der Waals surface area contributed by atoms with Gasteiger partial charge in [0.25, 0.3) is 0 Å². The maximum atomic E-state index is 11.3. The van der Waals surface area contributed by atoms with Crippen molar-refractivity contribution >= 4 is 6.03 Å². The van der Waals surface area contributed by atoms with Gasteiger partial charge in [-0.3, -0.25) is 4.90 Å². The molecule has 2 amide bonds. The summed E-state index contributed by atoms with van der Waals surface area (Å²) in [4.78, 5) is 15.3. The quantitative estimate of drug-likeness (QED) is 0.616. The van der Waals surface area contributed by atoms with E-state index in [-0.39, 0.29) is 12.2 Å². The van der Waals surface area contributed by atoms with Crippen molar-refractivity contribution in [3.05, 3.63) is 0 Å². The molecule has 0 saturated carbocycles. The maximum absolute atomic E-state index is 11.3. The molecule has 4 nitrogen and oxygen atoms in total. The Morgan fingerprint density at radius 1 is 1.58 bits per heavy atom. The van der Waals surface area contributed by atoms with Gasteiger partial charge < -0.3 is 10.2 Å². The van der Waals surface area contributed by atoms with Gasteiger partial charge in [-0.15, -0.1) is 0 Å². The standard InChI is InChI=1S/C8H17N3O/c1-9-8(12)11-6-4-5-7(11)10(2)3/h7H,4-6H2,1-3H3,(H,9,12). The second-order valence-electron chi connectivity index (χ2n) is 3.34. The van der Waals surface area contributed by atoms with Crippen LogP contribution in [-0.4, -0.2) is 49.7 Å². The number of rotatable bonds is 1. The molecular formula is C8H17N3O. The lowest BCUT2D eigenvalue weighted by molar-refractivity contribution is 0.133. The van der Waals surface area contributed by atoms with E-state index in [2.05, 4.69) is 10.2 Å². The third-order valence-electron chi connectivity index (χ3n) is 2.29. The lowest BCUT2D eigenvalue weighted by atomic mass is 10.3. The highest BCUT2D eigenvalue weighted by Crippen LogP contribution is 2.18. The number of carbonyl (C=O) groups excluding carboxylic acids is 1. The Kier molecular flexibility index (Phi) is 2.92. The molecule has 1 fully saturated rings. The molecule has 1 saturated heterocycles. The van der Waals surface area contributed by atoms with Gasteiger partial charge in [-0.1, -0.05) is 0 Å². The first-order chi connectivity index (χ1) is 5.66. The molecule has 1 N–H and O–H groups in total. The summed E-state index contributed by atoms with van der Waals surface area (Å²) >= 11 is 0. The molecule has 1 heterocycles. The molecule has 0 bridgehead atoms. The molecule has 1 rings (SSSR count). The van der Waals surface area contributed by atoms with E-state index in [1.54, 1.807) is 7.05 Å². The van der Waals surface area contributed by atoms with E-state index in [4.69, 9.17) is 0 Å².